The predicted molar refractivity (Wildman–Crippen MR) is 87.7 cm³/mol. The molecule has 0 amide bonds. The summed E-state index contributed by atoms with van der Waals surface area (Å²) in [6, 6.07) is 15.9. The summed E-state index contributed by atoms with van der Waals surface area (Å²) >= 11 is 5.11. The second-order valence-electron chi connectivity index (χ2n) is 4.22. The minimum absolute atomic E-state index is 0.615. The molecule has 0 spiro atoms. The molecule has 2 aromatic carbocycles. The molecule has 0 saturated carbocycles. The molecule has 3 nitrogen and oxygen atoms in total. The molecule has 0 aliphatic heterocycles. The Hall–Kier alpha value is -1.59. The van der Waals surface area contributed by atoms with Crippen molar-refractivity contribution in [2.45, 2.75) is 0 Å². The molecule has 1 N–H and O–H groups in total. The Labute approximate surface area is 129 Å². The molecule has 102 valence electrons. The molecule has 1 heterocycles. The molecule has 0 atom stereocenters. The number of hydrogen-bond acceptors (Lipinski definition) is 4. The largest absolute Gasteiger partial charge is 0.492 e. The van der Waals surface area contributed by atoms with E-state index in [1.165, 1.54) is 4.70 Å². The third-order valence-electron chi connectivity index (χ3n) is 2.74. The highest BCUT2D eigenvalue weighted by atomic mass is 79.9. The van der Waals surface area contributed by atoms with Crippen LogP contribution in [0.1, 0.15) is 0 Å². The van der Waals surface area contributed by atoms with Gasteiger partial charge in [0.05, 0.1) is 16.8 Å². The summed E-state index contributed by atoms with van der Waals surface area (Å²) in [4.78, 5) is 4.54. The van der Waals surface area contributed by atoms with Crippen molar-refractivity contribution >= 4 is 42.6 Å². The van der Waals surface area contributed by atoms with Gasteiger partial charge in [-0.2, -0.15) is 0 Å². The van der Waals surface area contributed by atoms with Gasteiger partial charge in [0, 0.05) is 4.47 Å². The summed E-state index contributed by atoms with van der Waals surface area (Å²) in [5, 5.41) is 4.22. The maximum atomic E-state index is 5.63. The summed E-state index contributed by atoms with van der Waals surface area (Å²) in [6.45, 7) is 1.35. The molecule has 0 unspecified atom stereocenters. The van der Waals surface area contributed by atoms with Crippen LogP contribution >= 0.6 is 27.3 Å². The molecule has 0 bridgehead atoms. The number of ether oxygens (including phenoxy) is 1. The molecular weight excluding hydrogens is 336 g/mol. The molecule has 0 saturated heterocycles. The van der Waals surface area contributed by atoms with E-state index >= 15 is 0 Å². The molecule has 0 aliphatic carbocycles. The lowest BCUT2D eigenvalue weighted by Crippen LogP contribution is -2.11. The van der Waals surface area contributed by atoms with E-state index in [9.17, 15) is 0 Å². The average molecular weight is 349 g/mol. The Bertz CT molecular complexity index is 699. The SMILES string of the molecule is Brc1ccc2sc(NCCOc3ccccc3)nc2c1. The maximum absolute atomic E-state index is 5.63. The van der Waals surface area contributed by atoms with Crippen LogP contribution in [0.4, 0.5) is 5.13 Å². The number of thiazole rings is 1. The highest BCUT2D eigenvalue weighted by molar-refractivity contribution is 9.10. The predicted octanol–water partition coefficient (Wildman–Crippen LogP) is 4.55. The van der Waals surface area contributed by atoms with Gasteiger partial charge in [-0.3, -0.25) is 0 Å². The number of benzene rings is 2. The zero-order valence-electron chi connectivity index (χ0n) is 10.7. The Morgan fingerprint density at radius 2 is 2.00 bits per heavy atom. The van der Waals surface area contributed by atoms with Gasteiger partial charge in [0.2, 0.25) is 0 Å². The Morgan fingerprint density at radius 1 is 1.15 bits per heavy atom. The van der Waals surface area contributed by atoms with Crippen molar-refractivity contribution in [2.75, 3.05) is 18.5 Å². The first-order chi connectivity index (χ1) is 9.81. The van der Waals surface area contributed by atoms with Gasteiger partial charge in [-0.05, 0) is 30.3 Å². The van der Waals surface area contributed by atoms with E-state index in [2.05, 4.69) is 32.3 Å². The number of fused-ring (bicyclic) bond motifs is 1. The van der Waals surface area contributed by atoms with Gasteiger partial charge in [-0.25, -0.2) is 4.98 Å². The quantitative estimate of drug-likeness (QED) is 0.686. The molecule has 3 rings (SSSR count). The zero-order valence-corrected chi connectivity index (χ0v) is 13.1. The molecule has 0 aliphatic rings. The second-order valence-corrected chi connectivity index (χ2v) is 6.17. The number of rotatable bonds is 5. The second kappa shape index (κ2) is 6.24. The van der Waals surface area contributed by atoms with Gasteiger partial charge in [0.1, 0.15) is 12.4 Å². The van der Waals surface area contributed by atoms with Crippen LogP contribution in [0.3, 0.4) is 0 Å². The first-order valence-corrected chi connectivity index (χ1v) is 7.90. The number of aromatic nitrogens is 1. The lowest BCUT2D eigenvalue weighted by molar-refractivity contribution is 0.333. The molecule has 3 aromatic rings. The average Bonchev–Trinajstić information content (AvgIpc) is 2.86. The van der Waals surface area contributed by atoms with Gasteiger partial charge in [-0.15, -0.1) is 0 Å². The van der Waals surface area contributed by atoms with Crippen molar-refractivity contribution in [3.8, 4) is 5.75 Å². The van der Waals surface area contributed by atoms with E-state index < -0.39 is 0 Å². The van der Waals surface area contributed by atoms with Gasteiger partial charge < -0.3 is 10.1 Å². The van der Waals surface area contributed by atoms with Crippen molar-refractivity contribution in [2.24, 2.45) is 0 Å². The molecule has 1 aromatic heterocycles. The van der Waals surface area contributed by atoms with Crippen molar-refractivity contribution in [1.82, 2.24) is 4.98 Å². The summed E-state index contributed by atoms with van der Waals surface area (Å²) < 4.78 is 7.86. The highest BCUT2D eigenvalue weighted by Crippen LogP contribution is 2.27. The van der Waals surface area contributed by atoms with Crippen molar-refractivity contribution < 1.29 is 4.74 Å². The van der Waals surface area contributed by atoms with E-state index in [0.29, 0.717) is 6.61 Å². The Kier molecular flexibility index (Phi) is 4.18. The van der Waals surface area contributed by atoms with Crippen LogP contribution in [0.2, 0.25) is 0 Å². The number of hydrogen-bond donors (Lipinski definition) is 1. The minimum Gasteiger partial charge on any atom is -0.492 e. The number of nitrogens with zero attached hydrogens (tertiary/aromatic N) is 1. The maximum Gasteiger partial charge on any atom is 0.183 e. The third-order valence-corrected chi connectivity index (χ3v) is 4.23. The standard InChI is InChI=1S/C15H13BrN2OS/c16-11-6-7-14-13(10-11)18-15(20-14)17-8-9-19-12-4-2-1-3-5-12/h1-7,10H,8-9H2,(H,17,18). The third kappa shape index (κ3) is 3.29. The lowest BCUT2D eigenvalue weighted by Gasteiger charge is -2.05. The van der Waals surface area contributed by atoms with E-state index in [0.717, 1.165) is 27.4 Å². The van der Waals surface area contributed by atoms with Crippen LogP contribution in [0, 0.1) is 0 Å². The van der Waals surface area contributed by atoms with Gasteiger partial charge >= 0.3 is 0 Å². The monoisotopic (exact) mass is 348 g/mol. The zero-order chi connectivity index (χ0) is 13.8. The fraction of sp³-hybridized carbons (Fsp3) is 0.133. The first kappa shape index (κ1) is 13.4. The highest BCUT2D eigenvalue weighted by Gasteiger charge is 2.03. The van der Waals surface area contributed by atoms with Gasteiger partial charge in [0.15, 0.2) is 5.13 Å². The molecule has 20 heavy (non-hydrogen) atoms. The number of anilines is 1. The summed E-state index contributed by atoms with van der Waals surface area (Å²) in [7, 11) is 0. The smallest absolute Gasteiger partial charge is 0.183 e. The van der Waals surface area contributed by atoms with Crippen LogP contribution < -0.4 is 10.1 Å². The Balaban J connectivity index is 1.55. The van der Waals surface area contributed by atoms with E-state index in [1.54, 1.807) is 11.3 Å². The Morgan fingerprint density at radius 3 is 2.85 bits per heavy atom. The minimum atomic E-state index is 0.615. The summed E-state index contributed by atoms with van der Waals surface area (Å²) in [6.07, 6.45) is 0. The van der Waals surface area contributed by atoms with Gasteiger partial charge in [0.25, 0.3) is 0 Å². The van der Waals surface area contributed by atoms with Crippen LogP contribution in [0.15, 0.2) is 53.0 Å². The van der Waals surface area contributed by atoms with Crippen molar-refractivity contribution in [1.29, 1.82) is 0 Å². The van der Waals surface area contributed by atoms with Crippen LogP contribution in [0.25, 0.3) is 10.2 Å². The van der Waals surface area contributed by atoms with E-state index in [4.69, 9.17) is 4.74 Å². The molecular formula is C15H13BrN2OS. The number of para-hydroxylation sites is 1. The first-order valence-electron chi connectivity index (χ1n) is 6.29. The van der Waals surface area contributed by atoms with Crippen LogP contribution in [-0.4, -0.2) is 18.1 Å². The van der Waals surface area contributed by atoms with E-state index in [-0.39, 0.29) is 0 Å². The van der Waals surface area contributed by atoms with Gasteiger partial charge in [-0.1, -0.05) is 45.5 Å². The lowest BCUT2D eigenvalue weighted by atomic mass is 10.3. The number of halogens is 1. The number of nitrogens with one attached hydrogen (secondary N) is 1. The fourth-order valence-corrected chi connectivity index (χ4v) is 3.04. The normalized spacial score (nSPS) is 10.7. The van der Waals surface area contributed by atoms with Crippen LogP contribution in [-0.2, 0) is 0 Å². The summed E-state index contributed by atoms with van der Waals surface area (Å²) in [5.74, 6) is 0.891. The topological polar surface area (TPSA) is 34.1 Å². The fourth-order valence-electron chi connectivity index (χ4n) is 1.82. The van der Waals surface area contributed by atoms with Crippen molar-refractivity contribution in [3.05, 3.63) is 53.0 Å². The molecule has 0 radical (unpaired) electrons. The molecule has 0 fully saturated rings. The van der Waals surface area contributed by atoms with Crippen molar-refractivity contribution in [3.63, 3.8) is 0 Å². The summed E-state index contributed by atoms with van der Waals surface area (Å²) in [5.41, 5.74) is 1.01. The van der Waals surface area contributed by atoms with Crippen LogP contribution in [0.5, 0.6) is 5.75 Å². The van der Waals surface area contributed by atoms with E-state index in [1.807, 2.05) is 42.5 Å². The molecule has 5 heteroatoms.